The Hall–Kier alpha value is -0.540. The first-order valence-corrected chi connectivity index (χ1v) is 7.97. The molecule has 0 aliphatic rings. The molecule has 0 aliphatic heterocycles. The number of hydrogen-bond acceptors (Lipinski definition) is 2. The molecule has 0 radical (unpaired) electrons. The second-order valence-corrected chi connectivity index (χ2v) is 5.67. The van der Waals surface area contributed by atoms with Crippen LogP contribution in [-0.2, 0) is 6.42 Å². The van der Waals surface area contributed by atoms with Crippen molar-refractivity contribution < 1.29 is 4.39 Å². The van der Waals surface area contributed by atoms with Gasteiger partial charge in [-0.2, -0.15) is 11.8 Å². The minimum absolute atomic E-state index is 0.0821. The van der Waals surface area contributed by atoms with Crippen LogP contribution in [0, 0.1) is 5.82 Å². The van der Waals surface area contributed by atoms with Gasteiger partial charge in [-0.15, -0.1) is 0 Å². The maximum absolute atomic E-state index is 13.6. The molecule has 0 aliphatic carbocycles. The minimum Gasteiger partial charge on any atom is -0.313 e. The Morgan fingerprint density at radius 1 is 1.22 bits per heavy atom. The van der Waals surface area contributed by atoms with Gasteiger partial charge in [-0.3, -0.25) is 0 Å². The zero-order chi connectivity index (χ0) is 13.2. The van der Waals surface area contributed by atoms with Crippen molar-refractivity contribution in [1.82, 2.24) is 5.32 Å². The molecule has 0 amide bonds. The topological polar surface area (TPSA) is 12.0 Å². The van der Waals surface area contributed by atoms with Crippen LogP contribution < -0.4 is 5.32 Å². The Bertz CT molecular complexity index is 330. The Kier molecular flexibility index (Phi) is 8.10. The van der Waals surface area contributed by atoms with Crippen molar-refractivity contribution in [2.75, 3.05) is 18.1 Å². The molecule has 0 saturated carbocycles. The van der Waals surface area contributed by atoms with E-state index < -0.39 is 0 Å². The summed E-state index contributed by atoms with van der Waals surface area (Å²) in [5.74, 6) is 2.16. The predicted molar refractivity (Wildman–Crippen MR) is 79.8 cm³/mol. The van der Waals surface area contributed by atoms with Gasteiger partial charge in [0.2, 0.25) is 0 Å². The molecule has 0 bridgehead atoms. The van der Waals surface area contributed by atoms with Crippen LogP contribution >= 0.6 is 11.8 Å². The van der Waals surface area contributed by atoms with Crippen molar-refractivity contribution in [1.29, 1.82) is 0 Å². The Labute approximate surface area is 115 Å². The molecular weight excluding hydrogens is 245 g/mol. The second-order valence-electron chi connectivity index (χ2n) is 4.52. The summed E-state index contributed by atoms with van der Waals surface area (Å²) in [6.07, 6.45) is 3.10. The number of rotatable bonds is 9. The van der Waals surface area contributed by atoms with Crippen molar-refractivity contribution >= 4 is 11.8 Å². The van der Waals surface area contributed by atoms with E-state index in [2.05, 4.69) is 19.2 Å². The smallest absolute Gasteiger partial charge is 0.126 e. The molecule has 1 unspecified atom stereocenters. The third-order valence-corrected chi connectivity index (χ3v) is 4.11. The maximum Gasteiger partial charge on any atom is 0.126 e. The van der Waals surface area contributed by atoms with E-state index in [1.807, 2.05) is 23.9 Å². The van der Waals surface area contributed by atoms with Gasteiger partial charge in [0.15, 0.2) is 0 Å². The summed E-state index contributed by atoms with van der Waals surface area (Å²) in [6.45, 7) is 5.36. The van der Waals surface area contributed by atoms with Crippen molar-refractivity contribution in [3.8, 4) is 0 Å². The zero-order valence-corrected chi connectivity index (χ0v) is 12.2. The van der Waals surface area contributed by atoms with E-state index in [0.717, 1.165) is 30.7 Å². The Morgan fingerprint density at radius 2 is 2.00 bits per heavy atom. The number of halogens is 1. The molecule has 1 rings (SSSR count). The first-order valence-electron chi connectivity index (χ1n) is 6.82. The van der Waals surface area contributed by atoms with Gasteiger partial charge in [0.05, 0.1) is 0 Å². The van der Waals surface area contributed by atoms with Gasteiger partial charge < -0.3 is 5.32 Å². The van der Waals surface area contributed by atoms with E-state index in [0.29, 0.717) is 6.04 Å². The van der Waals surface area contributed by atoms with E-state index in [4.69, 9.17) is 0 Å². The summed E-state index contributed by atoms with van der Waals surface area (Å²) in [6, 6.07) is 7.47. The summed E-state index contributed by atoms with van der Waals surface area (Å²) < 4.78 is 13.6. The number of thioether (sulfide) groups is 1. The quantitative estimate of drug-likeness (QED) is 0.683. The lowest BCUT2D eigenvalue weighted by Gasteiger charge is -2.18. The largest absolute Gasteiger partial charge is 0.313 e. The first kappa shape index (κ1) is 15.5. The maximum atomic E-state index is 13.6. The molecule has 102 valence electrons. The van der Waals surface area contributed by atoms with Gasteiger partial charge >= 0.3 is 0 Å². The van der Waals surface area contributed by atoms with E-state index in [1.165, 1.54) is 12.2 Å². The van der Waals surface area contributed by atoms with Crippen molar-refractivity contribution in [3.63, 3.8) is 0 Å². The number of nitrogens with one attached hydrogen (secondary N) is 1. The fourth-order valence-electron chi connectivity index (χ4n) is 1.84. The standard InChI is InChI=1S/C15H24FNS/c1-3-9-17-14(12-18-10-4-2)11-13-7-5-6-8-15(13)16/h5-8,14,17H,3-4,9-12H2,1-2H3. The lowest BCUT2D eigenvalue weighted by atomic mass is 10.1. The summed E-state index contributed by atoms with van der Waals surface area (Å²) in [7, 11) is 0. The van der Waals surface area contributed by atoms with Gasteiger partial charge in [-0.05, 0) is 43.2 Å². The van der Waals surface area contributed by atoms with E-state index in [-0.39, 0.29) is 5.82 Å². The molecule has 1 nitrogen and oxygen atoms in total. The molecule has 1 aromatic rings. The van der Waals surface area contributed by atoms with E-state index in [1.54, 1.807) is 12.1 Å². The molecule has 1 aromatic carbocycles. The number of hydrogen-bond donors (Lipinski definition) is 1. The number of benzene rings is 1. The van der Waals surface area contributed by atoms with Crippen molar-refractivity contribution in [2.45, 2.75) is 39.2 Å². The normalized spacial score (nSPS) is 12.6. The van der Waals surface area contributed by atoms with Crippen LogP contribution in [0.4, 0.5) is 4.39 Å². The Morgan fingerprint density at radius 3 is 2.67 bits per heavy atom. The van der Waals surface area contributed by atoms with Crippen molar-refractivity contribution in [3.05, 3.63) is 35.6 Å². The lowest BCUT2D eigenvalue weighted by Crippen LogP contribution is -2.34. The molecule has 0 aromatic heterocycles. The van der Waals surface area contributed by atoms with E-state index in [9.17, 15) is 4.39 Å². The molecule has 18 heavy (non-hydrogen) atoms. The highest BCUT2D eigenvalue weighted by Crippen LogP contribution is 2.13. The van der Waals surface area contributed by atoms with Crippen LogP contribution in [0.1, 0.15) is 32.3 Å². The molecule has 0 heterocycles. The monoisotopic (exact) mass is 269 g/mol. The average molecular weight is 269 g/mol. The fraction of sp³-hybridized carbons (Fsp3) is 0.600. The Balaban J connectivity index is 2.51. The van der Waals surface area contributed by atoms with Crippen LogP contribution in [0.25, 0.3) is 0 Å². The molecule has 0 spiro atoms. The van der Waals surface area contributed by atoms with Crippen molar-refractivity contribution in [2.24, 2.45) is 0 Å². The van der Waals surface area contributed by atoms with Gasteiger partial charge in [-0.1, -0.05) is 32.0 Å². The minimum atomic E-state index is -0.0821. The van der Waals surface area contributed by atoms with Crippen LogP contribution in [-0.4, -0.2) is 24.1 Å². The average Bonchev–Trinajstić information content (AvgIpc) is 2.38. The highest BCUT2D eigenvalue weighted by molar-refractivity contribution is 7.99. The highest BCUT2D eigenvalue weighted by Gasteiger charge is 2.11. The third kappa shape index (κ3) is 5.87. The van der Waals surface area contributed by atoms with E-state index >= 15 is 0 Å². The second kappa shape index (κ2) is 9.40. The molecule has 3 heteroatoms. The predicted octanol–water partition coefficient (Wildman–Crippen LogP) is 3.88. The van der Waals surface area contributed by atoms with Crippen LogP contribution in [0.5, 0.6) is 0 Å². The van der Waals surface area contributed by atoms with Gasteiger partial charge in [0, 0.05) is 11.8 Å². The summed E-state index contributed by atoms with van der Waals surface area (Å²) in [5, 5.41) is 3.52. The SMILES string of the molecule is CCCNC(CSCCC)Cc1ccccc1F. The third-order valence-electron chi connectivity index (χ3n) is 2.77. The summed E-state index contributed by atoms with van der Waals surface area (Å²) in [5.41, 5.74) is 0.822. The highest BCUT2D eigenvalue weighted by atomic mass is 32.2. The molecule has 0 fully saturated rings. The summed E-state index contributed by atoms with van der Waals surface area (Å²) in [4.78, 5) is 0. The molecule has 1 atom stereocenters. The molecular formula is C15H24FNS. The van der Waals surface area contributed by atoms with Gasteiger partial charge in [0.25, 0.3) is 0 Å². The lowest BCUT2D eigenvalue weighted by molar-refractivity contribution is 0.530. The zero-order valence-electron chi connectivity index (χ0n) is 11.4. The molecule has 1 N–H and O–H groups in total. The fourth-order valence-corrected chi connectivity index (χ4v) is 2.81. The molecule has 0 saturated heterocycles. The van der Waals surface area contributed by atoms with Gasteiger partial charge in [0.1, 0.15) is 5.82 Å². The van der Waals surface area contributed by atoms with Crippen LogP contribution in [0.15, 0.2) is 24.3 Å². The summed E-state index contributed by atoms with van der Waals surface area (Å²) >= 11 is 1.95. The first-order chi connectivity index (χ1) is 8.77. The van der Waals surface area contributed by atoms with Gasteiger partial charge in [-0.25, -0.2) is 4.39 Å². The van der Waals surface area contributed by atoms with Crippen LogP contribution in [0.2, 0.25) is 0 Å². The van der Waals surface area contributed by atoms with Crippen LogP contribution in [0.3, 0.4) is 0 Å².